The van der Waals surface area contributed by atoms with Crippen molar-refractivity contribution in [1.82, 2.24) is 10.2 Å². The molecule has 1 aliphatic heterocycles. The quantitative estimate of drug-likeness (QED) is 0.891. The highest BCUT2D eigenvalue weighted by Gasteiger charge is 2.26. The molecule has 1 atom stereocenters. The monoisotopic (exact) mass is 298 g/mol. The number of likely N-dealkylation sites (tertiary alicyclic amines) is 1. The Labute approximate surface area is 131 Å². The lowest BCUT2D eigenvalue weighted by atomic mass is 10.0. The highest BCUT2D eigenvalue weighted by Crippen LogP contribution is 2.20. The Balaban J connectivity index is 1.49. The summed E-state index contributed by atoms with van der Waals surface area (Å²) in [7, 11) is 0. The predicted molar refractivity (Wildman–Crippen MR) is 85.3 cm³/mol. The predicted octanol–water partition coefficient (Wildman–Crippen LogP) is 2.60. The van der Waals surface area contributed by atoms with Gasteiger partial charge in [-0.2, -0.15) is 0 Å². The summed E-state index contributed by atoms with van der Waals surface area (Å²) in [6, 6.07) is 14.7. The molecule has 3 rings (SSSR count). The molecule has 2 aromatic rings. The molecule has 4 nitrogen and oxygen atoms in total. The summed E-state index contributed by atoms with van der Waals surface area (Å²) in [4.78, 5) is 14.4. The van der Waals surface area contributed by atoms with Crippen molar-refractivity contribution in [2.75, 3.05) is 13.1 Å². The summed E-state index contributed by atoms with van der Waals surface area (Å²) in [6.45, 7) is 1.94. The van der Waals surface area contributed by atoms with Gasteiger partial charge in [-0.15, -0.1) is 0 Å². The molecular weight excluding hydrogens is 276 g/mol. The number of carbonyl (C=O) groups excluding carboxylic acids is 1. The molecule has 1 N–H and O–H groups in total. The van der Waals surface area contributed by atoms with E-state index in [4.69, 9.17) is 4.42 Å². The topological polar surface area (TPSA) is 45.5 Å². The third-order valence-electron chi connectivity index (χ3n) is 4.20. The molecule has 1 aromatic carbocycles. The Bertz CT molecular complexity index is 580. The number of hydrogen-bond donors (Lipinski definition) is 1. The summed E-state index contributed by atoms with van der Waals surface area (Å²) in [5.41, 5.74) is 1.34. The van der Waals surface area contributed by atoms with E-state index in [0.717, 1.165) is 18.7 Å². The first-order chi connectivity index (χ1) is 10.8. The van der Waals surface area contributed by atoms with Crippen LogP contribution in [0.15, 0.2) is 53.1 Å². The minimum absolute atomic E-state index is 0.0661. The molecule has 1 aliphatic rings. The second kappa shape index (κ2) is 7.27. The van der Waals surface area contributed by atoms with Crippen LogP contribution in [-0.2, 0) is 17.8 Å². The van der Waals surface area contributed by atoms with Gasteiger partial charge in [-0.05, 0) is 43.5 Å². The Kier molecular flexibility index (Phi) is 4.91. The molecule has 1 amide bonds. The molecule has 0 saturated carbocycles. The molecule has 0 spiro atoms. The summed E-state index contributed by atoms with van der Waals surface area (Å²) in [5.74, 6) is 0.854. The van der Waals surface area contributed by atoms with Crippen LogP contribution in [0.25, 0.3) is 0 Å². The Hall–Kier alpha value is -2.07. The van der Waals surface area contributed by atoms with Crippen LogP contribution >= 0.6 is 0 Å². The van der Waals surface area contributed by atoms with E-state index < -0.39 is 0 Å². The smallest absolute Gasteiger partial charge is 0.234 e. The highest BCUT2D eigenvalue weighted by molar-refractivity contribution is 5.78. The van der Waals surface area contributed by atoms with Crippen LogP contribution in [0, 0.1) is 0 Å². The van der Waals surface area contributed by atoms with Crippen molar-refractivity contribution in [2.24, 2.45) is 0 Å². The maximum Gasteiger partial charge on any atom is 0.234 e. The van der Waals surface area contributed by atoms with Gasteiger partial charge in [0.1, 0.15) is 5.76 Å². The van der Waals surface area contributed by atoms with Gasteiger partial charge in [0.05, 0.1) is 19.4 Å². The van der Waals surface area contributed by atoms with Crippen molar-refractivity contribution in [3.63, 3.8) is 0 Å². The van der Waals surface area contributed by atoms with E-state index in [1.54, 1.807) is 6.26 Å². The SMILES string of the molecule is O=C(CN1CCCC1Cc1ccccc1)NCc1ccco1. The zero-order chi connectivity index (χ0) is 15.2. The van der Waals surface area contributed by atoms with Gasteiger partial charge in [-0.25, -0.2) is 0 Å². The number of hydrogen-bond acceptors (Lipinski definition) is 3. The average Bonchev–Trinajstić information content (AvgIpc) is 3.19. The van der Waals surface area contributed by atoms with Crippen molar-refractivity contribution in [3.05, 3.63) is 60.1 Å². The van der Waals surface area contributed by atoms with Gasteiger partial charge in [0, 0.05) is 6.04 Å². The van der Waals surface area contributed by atoms with Gasteiger partial charge in [0.15, 0.2) is 0 Å². The first-order valence-electron chi connectivity index (χ1n) is 7.88. The second-order valence-corrected chi connectivity index (χ2v) is 5.81. The van der Waals surface area contributed by atoms with E-state index in [2.05, 4.69) is 34.5 Å². The zero-order valence-electron chi connectivity index (χ0n) is 12.7. The summed E-state index contributed by atoms with van der Waals surface area (Å²) in [5, 5.41) is 2.92. The lowest BCUT2D eigenvalue weighted by molar-refractivity contribution is -0.122. The minimum Gasteiger partial charge on any atom is -0.467 e. The summed E-state index contributed by atoms with van der Waals surface area (Å²) < 4.78 is 5.23. The molecule has 116 valence electrons. The number of furan rings is 1. The molecule has 22 heavy (non-hydrogen) atoms. The fourth-order valence-corrected chi connectivity index (χ4v) is 3.06. The number of benzene rings is 1. The fraction of sp³-hybridized carbons (Fsp3) is 0.389. The third-order valence-corrected chi connectivity index (χ3v) is 4.20. The van der Waals surface area contributed by atoms with Crippen molar-refractivity contribution in [3.8, 4) is 0 Å². The van der Waals surface area contributed by atoms with Crippen molar-refractivity contribution in [2.45, 2.75) is 31.8 Å². The van der Waals surface area contributed by atoms with E-state index in [0.29, 0.717) is 19.1 Å². The standard InChI is InChI=1S/C18H22N2O2/c21-18(19-13-17-9-5-11-22-17)14-20-10-4-8-16(20)12-15-6-2-1-3-7-15/h1-3,5-7,9,11,16H,4,8,10,12-14H2,(H,19,21). The van der Waals surface area contributed by atoms with Crippen molar-refractivity contribution in [1.29, 1.82) is 0 Å². The number of carbonyl (C=O) groups is 1. The molecule has 4 heteroatoms. The van der Waals surface area contributed by atoms with Crippen LogP contribution in [-0.4, -0.2) is 29.9 Å². The normalized spacial score (nSPS) is 18.5. The van der Waals surface area contributed by atoms with Gasteiger partial charge >= 0.3 is 0 Å². The van der Waals surface area contributed by atoms with Crippen LogP contribution in [0.5, 0.6) is 0 Å². The molecule has 0 radical (unpaired) electrons. The molecule has 1 unspecified atom stereocenters. The molecule has 0 bridgehead atoms. The number of amides is 1. The molecule has 2 heterocycles. The van der Waals surface area contributed by atoms with Crippen LogP contribution in [0.3, 0.4) is 0 Å². The zero-order valence-corrected chi connectivity index (χ0v) is 12.7. The van der Waals surface area contributed by atoms with Crippen LogP contribution in [0.2, 0.25) is 0 Å². The Morgan fingerprint density at radius 2 is 2.09 bits per heavy atom. The third kappa shape index (κ3) is 3.98. The van der Waals surface area contributed by atoms with E-state index in [-0.39, 0.29) is 5.91 Å². The highest BCUT2D eigenvalue weighted by atomic mass is 16.3. The lowest BCUT2D eigenvalue weighted by Gasteiger charge is -2.23. The molecule has 0 aliphatic carbocycles. The molecule has 1 saturated heterocycles. The second-order valence-electron chi connectivity index (χ2n) is 5.81. The van der Waals surface area contributed by atoms with E-state index in [1.165, 1.54) is 18.4 Å². The van der Waals surface area contributed by atoms with Crippen LogP contribution in [0.1, 0.15) is 24.2 Å². The van der Waals surface area contributed by atoms with Gasteiger partial charge in [-0.3, -0.25) is 9.69 Å². The van der Waals surface area contributed by atoms with E-state index in [1.807, 2.05) is 18.2 Å². The molecule has 1 fully saturated rings. The van der Waals surface area contributed by atoms with Gasteiger partial charge in [0.25, 0.3) is 0 Å². The van der Waals surface area contributed by atoms with Gasteiger partial charge < -0.3 is 9.73 Å². The van der Waals surface area contributed by atoms with Crippen LogP contribution in [0.4, 0.5) is 0 Å². The van der Waals surface area contributed by atoms with Crippen molar-refractivity contribution >= 4 is 5.91 Å². The Morgan fingerprint density at radius 3 is 2.86 bits per heavy atom. The Morgan fingerprint density at radius 1 is 1.23 bits per heavy atom. The maximum atomic E-state index is 12.1. The minimum atomic E-state index is 0.0661. The fourth-order valence-electron chi connectivity index (χ4n) is 3.06. The first kappa shape index (κ1) is 14.9. The number of rotatable bonds is 6. The first-order valence-corrected chi connectivity index (χ1v) is 7.88. The van der Waals surface area contributed by atoms with E-state index in [9.17, 15) is 4.79 Å². The molecule has 1 aromatic heterocycles. The number of nitrogens with zero attached hydrogens (tertiary/aromatic N) is 1. The number of nitrogens with one attached hydrogen (secondary N) is 1. The van der Waals surface area contributed by atoms with Crippen molar-refractivity contribution < 1.29 is 9.21 Å². The summed E-state index contributed by atoms with van der Waals surface area (Å²) in [6.07, 6.45) is 4.98. The average molecular weight is 298 g/mol. The van der Waals surface area contributed by atoms with Gasteiger partial charge in [-0.1, -0.05) is 30.3 Å². The molecular formula is C18H22N2O2. The largest absolute Gasteiger partial charge is 0.467 e. The van der Waals surface area contributed by atoms with Crippen LogP contribution < -0.4 is 5.32 Å². The summed E-state index contributed by atoms with van der Waals surface area (Å²) >= 11 is 0. The van der Waals surface area contributed by atoms with Gasteiger partial charge in [0.2, 0.25) is 5.91 Å². The maximum absolute atomic E-state index is 12.1. The lowest BCUT2D eigenvalue weighted by Crippen LogP contribution is -2.40. The van der Waals surface area contributed by atoms with E-state index >= 15 is 0 Å².